The highest BCUT2D eigenvalue weighted by Gasteiger charge is 2.31. The average molecular weight is 291 g/mol. The van der Waals surface area contributed by atoms with Gasteiger partial charge in [0.1, 0.15) is 11.9 Å². The van der Waals surface area contributed by atoms with Gasteiger partial charge in [0.2, 0.25) is 0 Å². The van der Waals surface area contributed by atoms with E-state index in [9.17, 15) is 9.90 Å². The molecule has 0 bridgehead atoms. The van der Waals surface area contributed by atoms with Gasteiger partial charge in [0, 0.05) is 17.0 Å². The van der Waals surface area contributed by atoms with E-state index in [-0.39, 0.29) is 0 Å². The van der Waals surface area contributed by atoms with Crippen LogP contribution >= 0.6 is 11.6 Å². The SMILES string of the molecule is Cc1c(Cl)ccc2ccc(N3CCCC3C(=O)O)nc12. The summed E-state index contributed by atoms with van der Waals surface area (Å²) in [6.45, 7) is 2.66. The van der Waals surface area contributed by atoms with Crippen molar-refractivity contribution >= 4 is 34.3 Å². The Morgan fingerprint density at radius 2 is 2.15 bits per heavy atom. The van der Waals surface area contributed by atoms with Crippen LogP contribution in [-0.4, -0.2) is 28.6 Å². The first kappa shape index (κ1) is 13.2. The van der Waals surface area contributed by atoms with Gasteiger partial charge in [-0.25, -0.2) is 9.78 Å². The number of hydrogen-bond donors (Lipinski definition) is 1. The van der Waals surface area contributed by atoms with E-state index in [4.69, 9.17) is 11.6 Å². The summed E-state index contributed by atoms with van der Waals surface area (Å²) in [5.74, 6) is -0.0695. The van der Waals surface area contributed by atoms with Crippen LogP contribution in [0.5, 0.6) is 0 Å². The molecule has 1 aliphatic rings. The van der Waals surface area contributed by atoms with E-state index in [1.165, 1.54) is 0 Å². The molecule has 1 aromatic heterocycles. The van der Waals surface area contributed by atoms with Crippen LogP contribution < -0.4 is 4.90 Å². The van der Waals surface area contributed by atoms with Crippen LogP contribution in [0.4, 0.5) is 5.82 Å². The van der Waals surface area contributed by atoms with Gasteiger partial charge in [0.05, 0.1) is 5.52 Å². The fraction of sp³-hybridized carbons (Fsp3) is 0.333. The predicted molar refractivity (Wildman–Crippen MR) is 79.5 cm³/mol. The van der Waals surface area contributed by atoms with Gasteiger partial charge in [0.15, 0.2) is 0 Å². The van der Waals surface area contributed by atoms with Crippen molar-refractivity contribution in [1.82, 2.24) is 4.98 Å². The normalized spacial score (nSPS) is 18.7. The van der Waals surface area contributed by atoms with Crippen LogP contribution in [0.25, 0.3) is 10.9 Å². The van der Waals surface area contributed by atoms with E-state index < -0.39 is 12.0 Å². The quantitative estimate of drug-likeness (QED) is 0.922. The molecule has 3 rings (SSSR count). The van der Waals surface area contributed by atoms with E-state index in [1.807, 2.05) is 36.1 Å². The molecule has 1 fully saturated rings. The number of anilines is 1. The topological polar surface area (TPSA) is 53.4 Å². The summed E-state index contributed by atoms with van der Waals surface area (Å²) in [7, 11) is 0. The van der Waals surface area contributed by atoms with Gasteiger partial charge in [-0.15, -0.1) is 0 Å². The summed E-state index contributed by atoms with van der Waals surface area (Å²) in [5, 5.41) is 11.0. The van der Waals surface area contributed by atoms with Crippen molar-refractivity contribution in [3.63, 3.8) is 0 Å². The Balaban J connectivity index is 2.08. The molecule has 104 valence electrons. The molecular weight excluding hydrogens is 276 g/mol. The summed E-state index contributed by atoms with van der Waals surface area (Å²) < 4.78 is 0. The smallest absolute Gasteiger partial charge is 0.326 e. The Morgan fingerprint density at radius 1 is 1.40 bits per heavy atom. The monoisotopic (exact) mass is 290 g/mol. The fourth-order valence-electron chi connectivity index (χ4n) is 2.75. The molecule has 0 radical (unpaired) electrons. The number of carbonyl (C=O) groups is 1. The summed E-state index contributed by atoms with van der Waals surface area (Å²) >= 11 is 6.13. The molecule has 2 aromatic rings. The second-order valence-corrected chi connectivity index (χ2v) is 5.51. The van der Waals surface area contributed by atoms with Crippen molar-refractivity contribution in [2.24, 2.45) is 0 Å². The maximum Gasteiger partial charge on any atom is 0.326 e. The van der Waals surface area contributed by atoms with Crippen LogP contribution in [0.2, 0.25) is 5.02 Å². The number of aliphatic carboxylic acids is 1. The number of pyridine rings is 1. The van der Waals surface area contributed by atoms with E-state index in [1.54, 1.807) is 0 Å². The lowest BCUT2D eigenvalue weighted by molar-refractivity contribution is -0.138. The molecule has 0 amide bonds. The van der Waals surface area contributed by atoms with Crippen molar-refractivity contribution in [3.8, 4) is 0 Å². The third-order valence-electron chi connectivity index (χ3n) is 3.87. The van der Waals surface area contributed by atoms with Crippen LogP contribution in [0, 0.1) is 6.92 Å². The third-order valence-corrected chi connectivity index (χ3v) is 4.28. The van der Waals surface area contributed by atoms with E-state index in [0.717, 1.165) is 29.4 Å². The van der Waals surface area contributed by atoms with Crippen molar-refractivity contribution in [2.45, 2.75) is 25.8 Å². The number of carboxylic acid groups (broad SMARTS) is 1. The predicted octanol–water partition coefficient (Wildman–Crippen LogP) is 3.25. The summed E-state index contributed by atoms with van der Waals surface area (Å²) in [6, 6.07) is 7.17. The zero-order chi connectivity index (χ0) is 14.3. The number of hydrogen-bond acceptors (Lipinski definition) is 3. The zero-order valence-corrected chi connectivity index (χ0v) is 11.9. The number of nitrogens with zero attached hydrogens (tertiary/aromatic N) is 2. The maximum atomic E-state index is 11.3. The van der Waals surface area contributed by atoms with Crippen molar-refractivity contribution < 1.29 is 9.90 Å². The minimum absolute atomic E-state index is 0.473. The van der Waals surface area contributed by atoms with Gasteiger partial charge in [0.25, 0.3) is 0 Å². The Bertz CT molecular complexity index is 687. The minimum atomic E-state index is -0.785. The summed E-state index contributed by atoms with van der Waals surface area (Å²) in [6.07, 6.45) is 1.55. The molecular formula is C15H15ClN2O2. The number of halogens is 1. The lowest BCUT2D eigenvalue weighted by Gasteiger charge is -2.23. The molecule has 1 unspecified atom stereocenters. The Kier molecular flexibility index (Phi) is 3.26. The van der Waals surface area contributed by atoms with Gasteiger partial charge in [-0.3, -0.25) is 0 Å². The number of carboxylic acids is 1. The maximum absolute atomic E-state index is 11.3. The van der Waals surface area contributed by atoms with Gasteiger partial charge in [-0.2, -0.15) is 0 Å². The van der Waals surface area contributed by atoms with Crippen molar-refractivity contribution in [1.29, 1.82) is 0 Å². The highest BCUT2D eigenvalue weighted by molar-refractivity contribution is 6.32. The van der Waals surface area contributed by atoms with Crippen LogP contribution in [-0.2, 0) is 4.79 Å². The summed E-state index contributed by atoms with van der Waals surface area (Å²) in [5.41, 5.74) is 1.77. The lowest BCUT2D eigenvalue weighted by Crippen LogP contribution is -2.36. The molecule has 0 spiro atoms. The number of benzene rings is 1. The van der Waals surface area contributed by atoms with Crippen molar-refractivity contribution in [3.05, 3.63) is 34.9 Å². The summed E-state index contributed by atoms with van der Waals surface area (Å²) in [4.78, 5) is 17.8. The standard InChI is InChI=1S/C15H15ClN2O2/c1-9-11(16)6-4-10-5-7-13(17-14(9)10)18-8-2-3-12(18)15(19)20/h4-7,12H,2-3,8H2,1H3,(H,19,20). The third kappa shape index (κ3) is 2.10. The van der Waals surface area contributed by atoms with Gasteiger partial charge < -0.3 is 10.0 Å². The fourth-order valence-corrected chi connectivity index (χ4v) is 2.91. The minimum Gasteiger partial charge on any atom is -0.480 e. The highest BCUT2D eigenvalue weighted by atomic mass is 35.5. The molecule has 2 heterocycles. The molecule has 5 heteroatoms. The molecule has 1 atom stereocenters. The van der Waals surface area contributed by atoms with Crippen molar-refractivity contribution in [2.75, 3.05) is 11.4 Å². The molecule has 1 saturated heterocycles. The second-order valence-electron chi connectivity index (χ2n) is 5.10. The van der Waals surface area contributed by atoms with Gasteiger partial charge >= 0.3 is 5.97 Å². The van der Waals surface area contributed by atoms with Crippen LogP contribution in [0.15, 0.2) is 24.3 Å². The average Bonchev–Trinajstić information content (AvgIpc) is 2.92. The van der Waals surface area contributed by atoms with E-state index in [2.05, 4.69) is 4.98 Å². The highest BCUT2D eigenvalue weighted by Crippen LogP contribution is 2.29. The number of rotatable bonds is 2. The van der Waals surface area contributed by atoms with Crippen LogP contribution in [0.3, 0.4) is 0 Å². The van der Waals surface area contributed by atoms with E-state index >= 15 is 0 Å². The van der Waals surface area contributed by atoms with Crippen LogP contribution in [0.1, 0.15) is 18.4 Å². The largest absolute Gasteiger partial charge is 0.480 e. The van der Waals surface area contributed by atoms with Gasteiger partial charge in [-0.05, 0) is 43.5 Å². The zero-order valence-electron chi connectivity index (χ0n) is 11.1. The van der Waals surface area contributed by atoms with E-state index in [0.29, 0.717) is 17.3 Å². The van der Waals surface area contributed by atoms with Gasteiger partial charge in [-0.1, -0.05) is 17.7 Å². The molecule has 4 nitrogen and oxygen atoms in total. The Hall–Kier alpha value is -1.81. The second kappa shape index (κ2) is 4.94. The molecule has 1 aliphatic heterocycles. The first-order valence-electron chi connectivity index (χ1n) is 6.63. The number of fused-ring (bicyclic) bond motifs is 1. The molecule has 0 saturated carbocycles. The Labute approximate surface area is 122 Å². The molecule has 1 N–H and O–H groups in total. The molecule has 0 aliphatic carbocycles. The Morgan fingerprint density at radius 3 is 2.90 bits per heavy atom. The first-order chi connectivity index (χ1) is 9.58. The first-order valence-corrected chi connectivity index (χ1v) is 7.01. The number of aryl methyl sites for hydroxylation is 1. The number of aromatic nitrogens is 1. The molecule has 20 heavy (non-hydrogen) atoms. The molecule has 1 aromatic carbocycles. The lowest BCUT2D eigenvalue weighted by atomic mass is 10.1.